The van der Waals surface area contributed by atoms with Crippen molar-refractivity contribution < 1.29 is 37.1 Å². The van der Waals surface area contributed by atoms with E-state index < -0.39 is 29.5 Å². The minimum Gasteiger partial charge on any atom is -0.481 e. The smallest absolute Gasteiger partial charge is 0.437 e. The number of piperidine rings is 1. The lowest BCUT2D eigenvalue weighted by atomic mass is 9.81. The Kier molecular flexibility index (Phi) is 9.71. The van der Waals surface area contributed by atoms with E-state index in [-0.39, 0.29) is 35.4 Å². The highest BCUT2D eigenvalue weighted by Gasteiger charge is 2.42. The first-order valence-electron chi connectivity index (χ1n) is 13.9. The molecule has 0 spiro atoms. The predicted octanol–water partition coefficient (Wildman–Crippen LogP) is 4.39. The van der Waals surface area contributed by atoms with Gasteiger partial charge in [0.1, 0.15) is 5.82 Å². The fourth-order valence-electron chi connectivity index (χ4n) is 5.18. The molecule has 3 heterocycles. The number of carbonyl (C=O) groups is 3. The SMILES string of the molecule is CC1CCCN(c2nc(C(F)(F)F)c(C(=O)Nc3ccc(NCCCNC(=O)C4CCC(C(=O)O)CC4)nc3)o2)C1. The van der Waals surface area contributed by atoms with Gasteiger partial charge in [0, 0.05) is 32.1 Å². The van der Waals surface area contributed by atoms with Crippen LogP contribution in [0.2, 0.25) is 0 Å². The summed E-state index contributed by atoms with van der Waals surface area (Å²) >= 11 is 0. The molecule has 2 amide bonds. The van der Waals surface area contributed by atoms with Crippen molar-refractivity contribution in [3.05, 3.63) is 29.8 Å². The fraction of sp³-hybridized carbons (Fsp3) is 0.593. The quantitative estimate of drug-likeness (QED) is 0.300. The molecule has 1 saturated carbocycles. The molecule has 2 aromatic heterocycles. The Morgan fingerprint density at radius 3 is 2.46 bits per heavy atom. The average molecular weight is 581 g/mol. The van der Waals surface area contributed by atoms with Crippen LogP contribution in [0.5, 0.6) is 0 Å². The van der Waals surface area contributed by atoms with E-state index >= 15 is 0 Å². The highest BCUT2D eigenvalue weighted by atomic mass is 19.4. The number of nitrogens with one attached hydrogen (secondary N) is 3. The van der Waals surface area contributed by atoms with Crippen LogP contribution in [0.3, 0.4) is 0 Å². The summed E-state index contributed by atoms with van der Waals surface area (Å²) in [6, 6.07) is 2.86. The van der Waals surface area contributed by atoms with Crippen LogP contribution in [0, 0.1) is 17.8 Å². The number of hydrogen-bond donors (Lipinski definition) is 4. The lowest BCUT2D eigenvalue weighted by Crippen LogP contribution is -2.35. The van der Waals surface area contributed by atoms with Crippen molar-refractivity contribution in [3.63, 3.8) is 0 Å². The average Bonchev–Trinajstić information content (AvgIpc) is 3.41. The Hall–Kier alpha value is -3.84. The molecule has 0 radical (unpaired) electrons. The first kappa shape index (κ1) is 30.1. The third-order valence-electron chi connectivity index (χ3n) is 7.45. The van der Waals surface area contributed by atoms with Crippen molar-refractivity contribution in [3.8, 4) is 0 Å². The number of carbonyl (C=O) groups excluding carboxylic acids is 2. The van der Waals surface area contributed by atoms with Gasteiger partial charge in [-0.25, -0.2) is 4.98 Å². The first-order chi connectivity index (χ1) is 19.5. The zero-order valence-electron chi connectivity index (χ0n) is 22.8. The number of carboxylic acid groups (broad SMARTS) is 1. The molecular weight excluding hydrogens is 545 g/mol. The van der Waals surface area contributed by atoms with Gasteiger partial charge in [0.2, 0.25) is 11.7 Å². The molecule has 41 heavy (non-hydrogen) atoms. The summed E-state index contributed by atoms with van der Waals surface area (Å²) in [5, 5.41) is 17.4. The van der Waals surface area contributed by atoms with Gasteiger partial charge in [0.05, 0.1) is 17.8 Å². The fourth-order valence-corrected chi connectivity index (χ4v) is 5.18. The molecule has 1 unspecified atom stereocenters. The van der Waals surface area contributed by atoms with Crippen molar-refractivity contribution in [1.82, 2.24) is 15.3 Å². The summed E-state index contributed by atoms with van der Waals surface area (Å²) in [6.45, 7) is 3.93. The third-order valence-corrected chi connectivity index (χ3v) is 7.45. The number of anilines is 3. The standard InChI is InChI=1S/C27H35F3N6O5/c1-16-4-2-13-36(15-16)26-35-22(27(28,29)30)21(41-26)24(38)34-19-9-10-20(33-14-19)31-11-3-12-32-23(37)17-5-7-18(8-6-17)25(39)40/h9-10,14,16-18H,2-8,11-13,15H2,1H3,(H,31,33)(H,32,37)(H,34,38)(H,39,40). The third kappa shape index (κ3) is 8.10. The molecule has 1 aliphatic heterocycles. The van der Waals surface area contributed by atoms with Crippen molar-refractivity contribution in [2.45, 2.75) is 58.0 Å². The number of carboxylic acids is 1. The van der Waals surface area contributed by atoms with E-state index in [4.69, 9.17) is 9.52 Å². The maximum Gasteiger partial charge on any atom is 0.437 e. The summed E-state index contributed by atoms with van der Waals surface area (Å²) in [6.07, 6.45) is 0.985. The van der Waals surface area contributed by atoms with Gasteiger partial charge in [-0.1, -0.05) is 6.92 Å². The lowest BCUT2D eigenvalue weighted by molar-refractivity contribution is -0.144. The molecule has 0 bridgehead atoms. The van der Waals surface area contributed by atoms with Crippen LogP contribution >= 0.6 is 0 Å². The highest BCUT2D eigenvalue weighted by Crippen LogP contribution is 2.35. The molecule has 11 nitrogen and oxygen atoms in total. The molecule has 1 atom stereocenters. The summed E-state index contributed by atoms with van der Waals surface area (Å²) in [4.78, 5) is 45.5. The van der Waals surface area contributed by atoms with Crippen LogP contribution < -0.4 is 20.9 Å². The number of oxazole rings is 1. The highest BCUT2D eigenvalue weighted by molar-refractivity contribution is 6.03. The molecule has 0 aromatic carbocycles. The number of alkyl halides is 3. The van der Waals surface area contributed by atoms with Gasteiger partial charge < -0.3 is 30.4 Å². The lowest BCUT2D eigenvalue weighted by Gasteiger charge is -2.29. The summed E-state index contributed by atoms with van der Waals surface area (Å²) in [7, 11) is 0. The van der Waals surface area contributed by atoms with Gasteiger partial charge in [0.25, 0.3) is 11.9 Å². The Balaban J connectivity index is 1.23. The van der Waals surface area contributed by atoms with Crippen LogP contribution in [0.1, 0.15) is 68.1 Å². The number of aromatic nitrogens is 2. The largest absolute Gasteiger partial charge is 0.481 e. The van der Waals surface area contributed by atoms with Gasteiger partial charge in [-0.3, -0.25) is 14.4 Å². The monoisotopic (exact) mass is 580 g/mol. The summed E-state index contributed by atoms with van der Waals surface area (Å²) in [5.74, 6) is -2.61. The van der Waals surface area contributed by atoms with Crippen molar-refractivity contribution >= 4 is 35.3 Å². The maximum atomic E-state index is 13.6. The molecule has 4 N–H and O–H groups in total. The van der Waals surface area contributed by atoms with Gasteiger partial charge in [-0.15, -0.1) is 0 Å². The van der Waals surface area contributed by atoms with E-state index in [1.807, 2.05) is 6.92 Å². The Labute approximate surface area is 235 Å². The number of rotatable bonds is 10. The maximum absolute atomic E-state index is 13.6. The second kappa shape index (κ2) is 13.2. The van der Waals surface area contributed by atoms with E-state index in [9.17, 15) is 27.6 Å². The molecule has 4 rings (SSSR count). The van der Waals surface area contributed by atoms with Gasteiger partial charge >= 0.3 is 12.1 Å². The second-order valence-electron chi connectivity index (χ2n) is 10.7. The molecule has 1 saturated heterocycles. The first-order valence-corrected chi connectivity index (χ1v) is 13.9. The Bertz CT molecular complexity index is 1210. The van der Waals surface area contributed by atoms with E-state index in [0.717, 1.165) is 12.8 Å². The molecule has 2 aromatic rings. The molecular formula is C27H35F3N6O5. The number of hydrogen-bond acceptors (Lipinski definition) is 8. The Morgan fingerprint density at radius 1 is 1.10 bits per heavy atom. The van der Waals surface area contributed by atoms with E-state index in [1.165, 1.54) is 12.3 Å². The van der Waals surface area contributed by atoms with Crippen LogP contribution in [-0.2, 0) is 15.8 Å². The molecule has 1 aliphatic carbocycles. The second-order valence-corrected chi connectivity index (χ2v) is 10.7. The van der Waals surface area contributed by atoms with Crippen LogP contribution in [-0.4, -0.2) is 59.0 Å². The number of amides is 2. The predicted molar refractivity (Wildman–Crippen MR) is 144 cm³/mol. The van der Waals surface area contributed by atoms with Gasteiger partial charge in [-0.05, 0) is 63.0 Å². The van der Waals surface area contributed by atoms with Crippen LogP contribution in [0.4, 0.5) is 30.7 Å². The van der Waals surface area contributed by atoms with Crippen molar-refractivity contribution in [2.75, 3.05) is 41.7 Å². The van der Waals surface area contributed by atoms with Crippen LogP contribution in [0.25, 0.3) is 0 Å². The molecule has 14 heteroatoms. The number of halogens is 3. The minimum atomic E-state index is -4.86. The normalized spacial score (nSPS) is 21.3. The molecule has 2 fully saturated rings. The number of nitrogens with zero attached hydrogens (tertiary/aromatic N) is 3. The zero-order valence-corrected chi connectivity index (χ0v) is 22.8. The minimum absolute atomic E-state index is 0.0647. The Morgan fingerprint density at radius 2 is 1.83 bits per heavy atom. The van der Waals surface area contributed by atoms with Crippen molar-refractivity contribution in [2.24, 2.45) is 17.8 Å². The van der Waals surface area contributed by atoms with Gasteiger partial charge in [0.15, 0.2) is 5.69 Å². The van der Waals surface area contributed by atoms with E-state index in [1.54, 1.807) is 11.0 Å². The molecule has 2 aliphatic rings. The number of aliphatic carboxylic acids is 1. The van der Waals surface area contributed by atoms with Crippen LogP contribution in [0.15, 0.2) is 22.7 Å². The van der Waals surface area contributed by atoms with E-state index in [2.05, 4.69) is 25.9 Å². The molecule has 224 valence electrons. The van der Waals surface area contributed by atoms with Crippen molar-refractivity contribution in [1.29, 1.82) is 0 Å². The topological polar surface area (TPSA) is 150 Å². The van der Waals surface area contributed by atoms with Gasteiger partial charge in [-0.2, -0.15) is 18.2 Å². The zero-order chi connectivity index (χ0) is 29.6. The summed E-state index contributed by atoms with van der Waals surface area (Å²) < 4.78 is 46.2. The summed E-state index contributed by atoms with van der Waals surface area (Å²) in [5.41, 5.74) is -1.18. The number of pyridine rings is 1. The van der Waals surface area contributed by atoms with E-state index in [0.29, 0.717) is 64.1 Å².